The minimum atomic E-state index is -0.452. The molecule has 1 aromatic heterocycles. The molecule has 0 N–H and O–H groups in total. The summed E-state index contributed by atoms with van der Waals surface area (Å²) in [5.41, 5.74) is -0.452. The van der Waals surface area contributed by atoms with Crippen molar-refractivity contribution in [1.29, 1.82) is 0 Å². The first kappa shape index (κ1) is 15.5. The number of carbonyl (C=O) groups excluding carboxylic acids is 1. The van der Waals surface area contributed by atoms with Gasteiger partial charge in [0.2, 0.25) is 0 Å². The SMILES string of the molecule is CN(CC1CCN(c2cnccn2)C1)C(=O)OC(C)(C)C. The summed E-state index contributed by atoms with van der Waals surface area (Å²) in [6, 6.07) is 0. The first-order valence-corrected chi connectivity index (χ1v) is 7.30. The molecule has 1 fully saturated rings. The van der Waals surface area contributed by atoms with Gasteiger partial charge in [0.25, 0.3) is 0 Å². The first-order valence-electron chi connectivity index (χ1n) is 7.30. The van der Waals surface area contributed by atoms with Gasteiger partial charge in [0.05, 0.1) is 6.20 Å². The summed E-state index contributed by atoms with van der Waals surface area (Å²) in [5, 5.41) is 0. The third kappa shape index (κ3) is 4.58. The van der Waals surface area contributed by atoms with E-state index in [1.165, 1.54) is 0 Å². The third-order valence-corrected chi connectivity index (χ3v) is 3.40. The van der Waals surface area contributed by atoms with E-state index in [1.54, 1.807) is 30.5 Å². The number of aromatic nitrogens is 2. The van der Waals surface area contributed by atoms with Crippen molar-refractivity contribution in [3.8, 4) is 0 Å². The van der Waals surface area contributed by atoms with E-state index < -0.39 is 5.60 Å². The van der Waals surface area contributed by atoms with Crippen molar-refractivity contribution in [2.75, 3.05) is 31.6 Å². The van der Waals surface area contributed by atoms with Crippen LogP contribution in [0.25, 0.3) is 0 Å². The zero-order valence-electron chi connectivity index (χ0n) is 13.2. The Bertz CT molecular complexity index is 472. The molecule has 2 heterocycles. The summed E-state index contributed by atoms with van der Waals surface area (Å²) in [7, 11) is 1.79. The number of nitrogens with zero attached hydrogens (tertiary/aromatic N) is 4. The summed E-state index contributed by atoms with van der Waals surface area (Å²) in [5.74, 6) is 1.34. The first-order chi connectivity index (χ1) is 9.85. The molecule has 1 aromatic rings. The van der Waals surface area contributed by atoms with Crippen LogP contribution in [-0.4, -0.2) is 53.2 Å². The molecule has 0 radical (unpaired) electrons. The quantitative estimate of drug-likeness (QED) is 0.854. The maximum atomic E-state index is 12.0. The van der Waals surface area contributed by atoms with Crippen LogP contribution in [0.3, 0.4) is 0 Å². The van der Waals surface area contributed by atoms with Crippen LogP contribution >= 0.6 is 0 Å². The highest BCUT2D eigenvalue weighted by Gasteiger charge is 2.27. The van der Waals surface area contributed by atoms with Crippen molar-refractivity contribution in [2.24, 2.45) is 5.92 Å². The Morgan fingerprint density at radius 3 is 2.86 bits per heavy atom. The zero-order valence-corrected chi connectivity index (χ0v) is 13.2. The highest BCUT2D eigenvalue weighted by Crippen LogP contribution is 2.22. The fraction of sp³-hybridized carbons (Fsp3) is 0.667. The Balaban J connectivity index is 1.84. The average Bonchev–Trinajstić information content (AvgIpc) is 2.86. The van der Waals surface area contributed by atoms with E-state index in [4.69, 9.17) is 4.74 Å². The van der Waals surface area contributed by atoms with Crippen LogP contribution in [0, 0.1) is 5.92 Å². The summed E-state index contributed by atoms with van der Waals surface area (Å²) in [6.07, 6.45) is 5.94. The number of ether oxygens (including phenoxy) is 1. The monoisotopic (exact) mass is 292 g/mol. The molecule has 116 valence electrons. The lowest BCUT2D eigenvalue weighted by atomic mass is 10.1. The van der Waals surface area contributed by atoms with Crippen LogP contribution in [-0.2, 0) is 4.74 Å². The summed E-state index contributed by atoms with van der Waals surface area (Å²) >= 11 is 0. The van der Waals surface area contributed by atoms with Crippen molar-refractivity contribution in [3.63, 3.8) is 0 Å². The van der Waals surface area contributed by atoms with Crippen molar-refractivity contribution in [1.82, 2.24) is 14.9 Å². The maximum absolute atomic E-state index is 12.0. The molecule has 0 saturated carbocycles. The molecule has 0 spiro atoms. The van der Waals surface area contributed by atoms with Crippen LogP contribution in [0.2, 0.25) is 0 Å². The van der Waals surface area contributed by atoms with Gasteiger partial charge in [-0.3, -0.25) is 4.98 Å². The molecule has 1 unspecified atom stereocenters. The van der Waals surface area contributed by atoms with Gasteiger partial charge in [-0.1, -0.05) is 0 Å². The number of hydrogen-bond donors (Lipinski definition) is 0. The molecule has 2 rings (SSSR count). The number of anilines is 1. The largest absolute Gasteiger partial charge is 0.444 e. The molecule has 1 aliphatic heterocycles. The van der Waals surface area contributed by atoms with E-state index in [9.17, 15) is 4.79 Å². The molecule has 0 aromatic carbocycles. The van der Waals surface area contributed by atoms with Crippen molar-refractivity contribution in [2.45, 2.75) is 32.8 Å². The number of amides is 1. The Morgan fingerprint density at radius 2 is 2.24 bits per heavy atom. The highest BCUT2D eigenvalue weighted by molar-refractivity contribution is 5.67. The average molecular weight is 292 g/mol. The van der Waals surface area contributed by atoms with Gasteiger partial charge >= 0.3 is 6.09 Å². The van der Waals surface area contributed by atoms with Crippen LogP contribution < -0.4 is 4.90 Å². The fourth-order valence-electron chi connectivity index (χ4n) is 2.45. The topological polar surface area (TPSA) is 58.6 Å². The fourth-order valence-corrected chi connectivity index (χ4v) is 2.45. The number of rotatable bonds is 3. The Kier molecular flexibility index (Phi) is 4.65. The van der Waals surface area contributed by atoms with E-state index >= 15 is 0 Å². The second-order valence-electron chi connectivity index (χ2n) is 6.53. The minimum absolute atomic E-state index is 0.263. The maximum Gasteiger partial charge on any atom is 0.410 e. The molecule has 1 aliphatic rings. The van der Waals surface area contributed by atoms with Gasteiger partial charge in [0, 0.05) is 39.1 Å². The Morgan fingerprint density at radius 1 is 1.48 bits per heavy atom. The van der Waals surface area contributed by atoms with Gasteiger partial charge < -0.3 is 14.5 Å². The second-order valence-corrected chi connectivity index (χ2v) is 6.53. The molecule has 0 bridgehead atoms. The third-order valence-electron chi connectivity index (χ3n) is 3.40. The van der Waals surface area contributed by atoms with Crippen molar-refractivity contribution in [3.05, 3.63) is 18.6 Å². The molecule has 6 heteroatoms. The standard InChI is InChI=1S/C15H24N4O2/c1-15(2,3)21-14(20)18(4)10-12-5-8-19(11-12)13-9-16-6-7-17-13/h6-7,9,12H,5,8,10-11H2,1-4H3. The van der Waals surface area contributed by atoms with Crippen LogP contribution in [0.5, 0.6) is 0 Å². The van der Waals surface area contributed by atoms with E-state index in [0.29, 0.717) is 12.5 Å². The highest BCUT2D eigenvalue weighted by atomic mass is 16.6. The van der Waals surface area contributed by atoms with Crippen LogP contribution in [0.15, 0.2) is 18.6 Å². The van der Waals surface area contributed by atoms with Crippen LogP contribution in [0.4, 0.5) is 10.6 Å². The van der Waals surface area contributed by atoms with Gasteiger partial charge in [0.15, 0.2) is 0 Å². The molecule has 6 nitrogen and oxygen atoms in total. The molecule has 0 aliphatic carbocycles. The summed E-state index contributed by atoms with van der Waals surface area (Å²) < 4.78 is 5.37. The summed E-state index contributed by atoms with van der Waals surface area (Å²) in [6.45, 7) is 8.18. The van der Waals surface area contributed by atoms with Gasteiger partial charge in [-0.15, -0.1) is 0 Å². The van der Waals surface area contributed by atoms with Crippen molar-refractivity contribution >= 4 is 11.9 Å². The van der Waals surface area contributed by atoms with Gasteiger partial charge in [-0.25, -0.2) is 9.78 Å². The normalized spacial score (nSPS) is 18.7. The smallest absolute Gasteiger partial charge is 0.410 e. The molecule has 1 amide bonds. The molecule has 1 saturated heterocycles. The predicted molar refractivity (Wildman–Crippen MR) is 81.2 cm³/mol. The predicted octanol–water partition coefficient (Wildman–Crippen LogP) is 2.17. The summed E-state index contributed by atoms with van der Waals surface area (Å²) in [4.78, 5) is 24.2. The van der Waals surface area contributed by atoms with Crippen molar-refractivity contribution < 1.29 is 9.53 Å². The second kappa shape index (κ2) is 6.28. The Hall–Kier alpha value is -1.85. The lowest BCUT2D eigenvalue weighted by Gasteiger charge is -2.26. The minimum Gasteiger partial charge on any atom is -0.444 e. The lowest BCUT2D eigenvalue weighted by Crippen LogP contribution is -2.37. The molecule has 1 atom stereocenters. The zero-order chi connectivity index (χ0) is 15.5. The van der Waals surface area contributed by atoms with Gasteiger partial charge in [0.1, 0.15) is 11.4 Å². The van der Waals surface area contributed by atoms with E-state index in [1.807, 2.05) is 20.8 Å². The van der Waals surface area contributed by atoms with E-state index in [-0.39, 0.29) is 6.09 Å². The Labute approximate surface area is 126 Å². The van der Waals surface area contributed by atoms with E-state index in [2.05, 4.69) is 14.9 Å². The van der Waals surface area contributed by atoms with Gasteiger partial charge in [-0.05, 0) is 33.1 Å². The molecular formula is C15H24N4O2. The number of hydrogen-bond acceptors (Lipinski definition) is 5. The van der Waals surface area contributed by atoms with Crippen LogP contribution in [0.1, 0.15) is 27.2 Å². The molecular weight excluding hydrogens is 268 g/mol. The molecule has 21 heavy (non-hydrogen) atoms. The van der Waals surface area contributed by atoms with E-state index in [0.717, 1.165) is 25.3 Å². The lowest BCUT2D eigenvalue weighted by molar-refractivity contribution is 0.0277. The number of carbonyl (C=O) groups is 1. The van der Waals surface area contributed by atoms with Gasteiger partial charge in [-0.2, -0.15) is 0 Å².